The van der Waals surface area contributed by atoms with Crippen LogP contribution in [0.1, 0.15) is 26.2 Å². The lowest BCUT2D eigenvalue weighted by atomic mass is 10.1. The van der Waals surface area contributed by atoms with Crippen LogP contribution in [0.5, 0.6) is 0 Å². The van der Waals surface area contributed by atoms with E-state index in [-0.39, 0.29) is 5.38 Å². The number of alkyl halides is 1. The first-order valence-electron chi connectivity index (χ1n) is 4.14. The van der Waals surface area contributed by atoms with Crippen LogP contribution in [-0.2, 0) is 0 Å². The highest BCUT2D eigenvalue weighted by Crippen LogP contribution is 2.19. The first-order valence-corrected chi connectivity index (χ1v) is 5.65. The van der Waals surface area contributed by atoms with Gasteiger partial charge in [0, 0.05) is 5.38 Å². The van der Waals surface area contributed by atoms with Crippen LogP contribution in [-0.4, -0.2) is 16.6 Å². The largest absolute Gasteiger partial charge is 0.380 e. The molecular weight excluding hydrogens is 298 g/mol. The molecule has 0 spiro atoms. The second-order valence-corrected chi connectivity index (χ2v) is 4.95. The van der Waals surface area contributed by atoms with Crippen molar-refractivity contribution in [2.75, 3.05) is 0 Å². The predicted molar refractivity (Wildman–Crippen MR) is 66.1 cm³/mol. The number of hydrogen-bond donors (Lipinski definition) is 1. The number of hydrogen-bond acceptors (Lipinski definition) is 1. The minimum atomic E-state index is -0.534. The fourth-order valence-electron chi connectivity index (χ4n) is 0.920. The summed E-state index contributed by atoms with van der Waals surface area (Å²) in [6.45, 7) is 5.49. The van der Waals surface area contributed by atoms with E-state index in [0.29, 0.717) is 6.42 Å². The van der Waals surface area contributed by atoms with Gasteiger partial charge in [-0.1, -0.05) is 12.5 Å². The van der Waals surface area contributed by atoms with Crippen molar-refractivity contribution >= 4 is 34.2 Å². The summed E-state index contributed by atoms with van der Waals surface area (Å²) in [6.07, 6.45) is 1.68. The van der Waals surface area contributed by atoms with Crippen LogP contribution in [0.4, 0.5) is 0 Å². The van der Waals surface area contributed by atoms with E-state index in [1.165, 1.54) is 0 Å². The Kier molecular flexibility index (Phi) is 7.83. The van der Waals surface area contributed by atoms with Crippen LogP contribution < -0.4 is 0 Å². The van der Waals surface area contributed by atoms with Crippen molar-refractivity contribution in [2.45, 2.75) is 37.7 Å². The lowest BCUT2D eigenvalue weighted by molar-refractivity contribution is 0.218. The van der Waals surface area contributed by atoms with Gasteiger partial charge in [-0.3, -0.25) is 0 Å². The van der Waals surface area contributed by atoms with Gasteiger partial charge in [0.2, 0.25) is 0 Å². The molecule has 0 heterocycles. The van der Waals surface area contributed by atoms with Crippen LogP contribution >= 0.6 is 34.2 Å². The molecule has 0 saturated heterocycles. The SMILES string of the molecule is C=C(I)C[C@H](Cl)CCC(O)C#CC. The fraction of sp³-hybridized carbons (Fsp3) is 0.600. The lowest BCUT2D eigenvalue weighted by Gasteiger charge is -2.08. The predicted octanol–water partition coefficient (Wildman–Crippen LogP) is 3.10. The topological polar surface area (TPSA) is 20.2 Å². The van der Waals surface area contributed by atoms with Gasteiger partial charge in [-0.05, 0) is 52.4 Å². The molecule has 1 N–H and O–H groups in total. The molecule has 0 aliphatic heterocycles. The van der Waals surface area contributed by atoms with Crippen molar-refractivity contribution in [3.05, 3.63) is 10.2 Å². The van der Waals surface area contributed by atoms with Crippen LogP contribution in [0, 0.1) is 11.8 Å². The minimum absolute atomic E-state index is 0.0673. The second kappa shape index (κ2) is 7.66. The van der Waals surface area contributed by atoms with Gasteiger partial charge >= 0.3 is 0 Å². The summed E-state index contributed by atoms with van der Waals surface area (Å²) in [7, 11) is 0. The summed E-state index contributed by atoms with van der Waals surface area (Å²) >= 11 is 8.16. The molecule has 3 heteroatoms. The minimum Gasteiger partial charge on any atom is -0.380 e. The first-order chi connectivity index (χ1) is 6.06. The molecule has 1 unspecified atom stereocenters. The monoisotopic (exact) mass is 312 g/mol. The Hall–Kier alpha value is 0.280. The van der Waals surface area contributed by atoms with E-state index >= 15 is 0 Å². The number of aliphatic hydroxyl groups excluding tert-OH is 1. The third-order valence-corrected chi connectivity index (χ3v) is 2.32. The van der Waals surface area contributed by atoms with E-state index in [1.807, 2.05) is 0 Å². The van der Waals surface area contributed by atoms with Crippen molar-refractivity contribution in [3.8, 4) is 11.8 Å². The summed E-state index contributed by atoms with van der Waals surface area (Å²) < 4.78 is 1.05. The summed E-state index contributed by atoms with van der Waals surface area (Å²) in [5, 5.41) is 9.34. The van der Waals surface area contributed by atoms with Crippen molar-refractivity contribution in [3.63, 3.8) is 0 Å². The van der Waals surface area contributed by atoms with Gasteiger partial charge in [0.1, 0.15) is 6.10 Å². The van der Waals surface area contributed by atoms with Crippen molar-refractivity contribution in [1.29, 1.82) is 0 Å². The average Bonchev–Trinajstić information content (AvgIpc) is 2.00. The smallest absolute Gasteiger partial charge is 0.114 e. The molecule has 0 amide bonds. The van der Waals surface area contributed by atoms with Gasteiger partial charge in [0.15, 0.2) is 0 Å². The average molecular weight is 313 g/mol. The third kappa shape index (κ3) is 8.61. The number of allylic oxidation sites excluding steroid dienone is 1. The molecule has 0 radical (unpaired) electrons. The van der Waals surface area contributed by atoms with E-state index in [9.17, 15) is 5.11 Å². The molecule has 0 aliphatic carbocycles. The Bertz CT molecular complexity index is 217. The van der Waals surface area contributed by atoms with E-state index in [2.05, 4.69) is 41.0 Å². The van der Waals surface area contributed by atoms with Crippen LogP contribution in [0.3, 0.4) is 0 Å². The number of halogens is 2. The maximum atomic E-state index is 9.28. The van der Waals surface area contributed by atoms with Crippen LogP contribution in [0.2, 0.25) is 0 Å². The van der Waals surface area contributed by atoms with Gasteiger partial charge in [-0.15, -0.1) is 17.5 Å². The molecule has 1 nitrogen and oxygen atoms in total. The van der Waals surface area contributed by atoms with Crippen molar-refractivity contribution in [1.82, 2.24) is 0 Å². The molecule has 0 bridgehead atoms. The zero-order valence-corrected chi connectivity index (χ0v) is 10.6. The van der Waals surface area contributed by atoms with E-state index in [1.54, 1.807) is 6.92 Å². The van der Waals surface area contributed by atoms with Crippen LogP contribution in [0.15, 0.2) is 10.2 Å². The molecule has 2 atom stereocenters. The Morgan fingerprint density at radius 1 is 1.62 bits per heavy atom. The standard InChI is InChI=1S/C10H14ClIO/c1-3-4-10(13)6-5-9(11)7-8(2)12/h9-10,13H,2,5-7H2,1H3/t9-,10?/m1/s1. The molecule has 13 heavy (non-hydrogen) atoms. The normalized spacial score (nSPS) is 14.2. The molecule has 0 aromatic carbocycles. The second-order valence-electron chi connectivity index (χ2n) is 2.81. The maximum absolute atomic E-state index is 9.28. The Morgan fingerprint density at radius 3 is 2.69 bits per heavy atom. The van der Waals surface area contributed by atoms with E-state index in [0.717, 1.165) is 16.4 Å². The molecule has 74 valence electrons. The van der Waals surface area contributed by atoms with Gasteiger partial charge in [-0.2, -0.15) is 0 Å². The molecular formula is C10H14ClIO. The zero-order valence-electron chi connectivity index (χ0n) is 7.69. The molecule has 0 aromatic rings. The Morgan fingerprint density at radius 2 is 2.23 bits per heavy atom. The van der Waals surface area contributed by atoms with Gasteiger partial charge in [0.25, 0.3) is 0 Å². The zero-order chi connectivity index (χ0) is 10.3. The Balaban J connectivity index is 3.61. The quantitative estimate of drug-likeness (QED) is 0.470. The highest BCUT2D eigenvalue weighted by Gasteiger charge is 2.07. The number of rotatable bonds is 5. The van der Waals surface area contributed by atoms with Gasteiger partial charge in [0.05, 0.1) is 0 Å². The van der Waals surface area contributed by atoms with Crippen molar-refractivity contribution in [2.24, 2.45) is 0 Å². The Labute approximate surface area is 98.7 Å². The van der Waals surface area contributed by atoms with Crippen LogP contribution in [0.25, 0.3) is 0 Å². The first kappa shape index (κ1) is 13.3. The van der Waals surface area contributed by atoms with Gasteiger partial charge < -0.3 is 5.11 Å². The lowest BCUT2D eigenvalue weighted by Crippen LogP contribution is -2.07. The third-order valence-electron chi connectivity index (χ3n) is 1.51. The molecule has 0 rings (SSSR count). The summed E-state index contributed by atoms with van der Waals surface area (Å²) in [4.78, 5) is 0. The van der Waals surface area contributed by atoms with Crippen molar-refractivity contribution < 1.29 is 5.11 Å². The number of aliphatic hydroxyl groups is 1. The molecule has 0 fully saturated rings. The highest BCUT2D eigenvalue weighted by atomic mass is 127. The maximum Gasteiger partial charge on any atom is 0.114 e. The van der Waals surface area contributed by atoms with Gasteiger partial charge in [-0.25, -0.2) is 0 Å². The van der Waals surface area contributed by atoms with E-state index < -0.39 is 6.10 Å². The molecule has 0 aromatic heterocycles. The summed E-state index contributed by atoms with van der Waals surface area (Å²) in [6, 6.07) is 0. The fourth-order valence-corrected chi connectivity index (χ4v) is 2.02. The highest BCUT2D eigenvalue weighted by molar-refractivity contribution is 14.1. The molecule has 0 aliphatic rings. The van der Waals surface area contributed by atoms with E-state index in [4.69, 9.17) is 11.6 Å². The summed E-state index contributed by atoms with van der Waals surface area (Å²) in [5.74, 6) is 5.35. The summed E-state index contributed by atoms with van der Waals surface area (Å²) in [5.41, 5.74) is 0. The molecule has 0 saturated carbocycles.